The second kappa shape index (κ2) is 7.92. The SMILES string of the molecule is CC1=NC(=S)C(=P(c2ccccc2)(c2ccccc2)c2ccccc2)C(=S)O1. The summed E-state index contributed by atoms with van der Waals surface area (Å²) in [6.45, 7) is -0.584. The van der Waals surface area contributed by atoms with Crippen LogP contribution in [0.1, 0.15) is 6.92 Å². The van der Waals surface area contributed by atoms with Gasteiger partial charge in [-0.05, 0) is 35.0 Å². The molecule has 3 aromatic rings. The van der Waals surface area contributed by atoms with E-state index < -0.39 is 6.89 Å². The highest BCUT2D eigenvalue weighted by Gasteiger charge is 2.36. The minimum absolute atomic E-state index is 0.419. The summed E-state index contributed by atoms with van der Waals surface area (Å²) in [5.41, 5.74) is 0. The van der Waals surface area contributed by atoms with E-state index in [4.69, 9.17) is 29.2 Å². The molecule has 0 aliphatic carbocycles. The molecule has 3 aromatic carbocycles. The van der Waals surface area contributed by atoms with Crippen LogP contribution in [0.4, 0.5) is 0 Å². The van der Waals surface area contributed by atoms with E-state index in [0.29, 0.717) is 15.9 Å². The molecule has 0 unspecified atom stereocenters. The first-order valence-corrected chi connectivity index (χ1v) is 11.5. The summed E-state index contributed by atoms with van der Waals surface area (Å²) in [6, 6.07) is 31.3. The Morgan fingerprint density at radius 1 is 0.679 bits per heavy atom. The van der Waals surface area contributed by atoms with Crippen molar-refractivity contribution in [2.45, 2.75) is 6.92 Å². The van der Waals surface area contributed by atoms with Gasteiger partial charge in [-0.3, -0.25) is 0 Å². The van der Waals surface area contributed by atoms with Gasteiger partial charge in [0.1, 0.15) is 4.99 Å². The standard InChI is InChI=1S/C23H18NOPS2/c1-17-24-22(27)21(23(28)25-17)26(18-11-5-2-6-12-18,19-13-7-3-8-14-19)20-15-9-4-10-16-20/h2-16H,1H3. The molecule has 1 heterocycles. The molecule has 1 aliphatic heterocycles. The molecular weight excluding hydrogens is 401 g/mol. The summed E-state index contributed by atoms with van der Waals surface area (Å²) in [5, 5.41) is 4.77. The maximum absolute atomic E-state index is 5.82. The summed E-state index contributed by atoms with van der Waals surface area (Å²) in [6.07, 6.45) is 0. The number of ether oxygens (including phenoxy) is 1. The van der Waals surface area contributed by atoms with Crippen LogP contribution in [0.15, 0.2) is 96.0 Å². The van der Waals surface area contributed by atoms with Crippen LogP contribution in [0.3, 0.4) is 0 Å². The Labute approximate surface area is 175 Å². The summed E-state index contributed by atoms with van der Waals surface area (Å²) >= 11 is 11.5. The van der Waals surface area contributed by atoms with Crippen molar-refractivity contribution >= 4 is 68.5 Å². The van der Waals surface area contributed by atoms with Crippen LogP contribution in [-0.4, -0.2) is 21.2 Å². The number of benzene rings is 3. The van der Waals surface area contributed by atoms with Crippen molar-refractivity contribution in [2.24, 2.45) is 4.99 Å². The Kier molecular flexibility index (Phi) is 5.36. The number of thiocarbonyl (C=S) groups is 2. The first kappa shape index (κ1) is 18.9. The molecule has 0 bridgehead atoms. The van der Waals surface area contributed by atoms with Crippen LogP contribution in [0.25, 0.3) is 0 Å². The molecule has 0 spiro atoms. The topological polar surface area (TPSA) is 21.6 Å². The molecule has 28 heavy (non-hydrogen) atoms. The summed E-state index contributed by atoms with van der Waals surface area (Å²) in [5.74, 6) is 0.492. The molecule has 0 saturated heterocycles. The minimum Gasteiger partial charge on any atom is -0.431 e. The van der Waals surface area contributed by atoms with Gasteiger partial charge < -0.3 is 4.74 Å². The highest BCUT2D eigenvalue weighted by Crippen LogP contribution is 2.47. The quantitative estimate of drug-likeness (QED) is 0.468. The highest BCUT2D eigenvalue weighted by atomic mass is 32.1. The van der Waals surface area contributed by atoms with Crippen LogP contribution in [0.5, 0.6) is 0 Å². The van der Waals surface area contributed by atoms with Gasteiger partial charge in [-0.15, -0.1) is 0 Å². The average Bonchev–Trinajstić information content (AvgIpc) is 2.72. The van der Waals surface area contributed by atoms with E-state index in [1.807, 2.05) is 18.2 Å². The third-order valence-electron chi connectivity index (χ3n) is 4.66. The lowest BCUT2D eigenvalue weighted by Crippen LogP contribution is -2.39. The van der Waals surface area contributed by atoms with Gasteiger partial charge >= 0.3 is 0 Å². The summed E-state index contributed by atoms with van der Waals surface area (Å²) < 4.78 is 5.82. The van der Waals surface area contributed by atoms with Gasteiger partial charge in [0.15, 0.2) is 5.90 Å². The van der Waals surface area contributed by atoms with Gasteiger partial charge in [0, 0.05) is 6.92 Å². The van der Waals surface area contributed by atoms with Gasteiger partial charge in [-0.2, -0.15) is 0 Å². The molecule has 138 valence electrons. The van der Waals surface area contributed by atoms with Gasteiger partial charge in [0.25, 0.3) is 0 Å². The Hall–Kier alpha value is -2.39. The monoisotopic (exact) mass is 419 g/mol. The van der Waals surface area contributed by atoms with Crippen LogP contribution < -0.4 is 15.9 Å². The lowest BCUT2D eigenvalue weighted by atomic mass is 10.3. The van der Waals surface area contributed by atoms with E-state index in [0.717, 1.165) is 5.29 Å². The zero-order valence-corrected chi connectivity index (χ0v) is 17.8. The molecule has 5 heteroatoms. The van der Waals surface area contributed by atoms with E-state index in [-0.39, 0.29) is 0 Å². The fraction of sp³-hybridized carbons (Fsp3) is 0.0435. The molecule has 0 N–H and O–H groups in total. The van der Waals surface area contributed by atoms with Gasteiger partial charge in [-0.25, -0.2) is 4.99 Å². The smallest absolute Gasteiger partial charge is 0.203 e. The predicted molar refractivity (Wildman–Crippen MR) is 130 cm³/mol. The number of hydrogen-bond donors (Lipinski definition) is 0. The fourth-order valence-corrected chi connectivity index (χ4v) is 9.07. The molecule has 0 amide bonds. The number of rotatable bonds is 3. The van der Waals surface area contributed by atoms with E-state index in [2.05, 4.69) is 77.8 Å². The molecule has 0 saturated carbocycles. The van der Waals surface area contributed by atoms with E-state index in [1.54, 1.807) is 6.92 Å². The van der Waals surface area contributed by atoms with E-state index >= 15 is 0 Å². The molecule has 0 fully saturated rings. The van der Waals surface area contributed by atoms with Crippen molar-refractivity contribution < 1.29 is 4.74 Å². The number of aliphatic imine (C=N–C) groups is 1. The van der Waals surface area contributed by atoms with E-state index in [1.165, 1.54) is 15.9 Å². The molecule has 4 rings (SSSR count). The lowest BCUT2D eigenvalue weighted by Gasteiger charge is -2.33. The summed E-state index contributed by atoms with van der Waals surface area (Å²) in [4.78, 5) is 5.00. The maximum atomic E-state index is 5.82. The van der Waals surface area contributed by atoms with Crippen molar-refractivity contribution in [1.82, 2.24) is 0 Å². The second-order valence-electron chi connectivity index (χ2n) is 6.35. The zero-order chi connectivity index (χ0) is 19.6. The van der Waals surface area contributed by atoms with Gasteiger partial charge in [-0.1, -0.05) is 103 Å². The molecular formula is C23H18NOPS2. The Balaban J connectivity index is 2.26. The third-order valence-corrected chi connectivity index (χ3v) is 9.85. The maximum Gasteiger partial charge on any atom is 0.203 e. The van der Waals surface area contributed by atoms with Crippen LogP contribution in [0.2, 0.25) is 0 Å². The number of nitrogens with zero attached hydrogens (tertiary/aromatic N) is 1. The van der Waals surface area contributed by atoms with Crippen molar-refractivity contribution in [3.05, 3.63) is 91.0 Å². The molecule has 0 radical (unpaired) electrons. The first-order chi connectivity index (χ1) is 13.6. The van der Waals surface area contributed by atoms with Crippen molar-refractivity contribution in [3.8, 4) is 0 Å². The summed E-state index contributed by atoms with van der Waals surface area (Å²) in [7, 11) is 0. The van der Waals surface area contributed by atoms with Crippen molar-refractivity contribution in [1.29, 1.82) is 0 Å². The van der Waals surface area contributed by atoms with E-state index in [9.17, 15) is 0 Å². The molecule has 0 aromatic heterocycles. The Morgan fingerprint density at radius 3 is 1.43 bits per heavy atom. The third kappa shape index (κ3) is 3.18. The fourth-order valence-electron chi connectivity index (χ4n) is 3.56. The van der Waals surface area contributed by atoms with Crippen LogP contribution >= 0.6 is 31.3 Å². The zero-order valence-electron chi connectivity index (χ0n) is 15.3. The first-order valence-electron chi connectivity index (χ1n) is 8.89. The average molecular weight is 420 g/mol. The minimum atomic E-state index is -2.37. The lowest BCUT2D eigenvalue weighted by molar-refractivity contribution is 0.564. The van der Waals surface area contributed by atoms with Gasteiger partial charge in [0.2, 0.25) is 5.05 Å². The molecule has 0 atom stereocenters. The van der Waals surface area contributed by atoms with Crippen LogP contribution in [0, 0.1) is 0 Å². The number of hydrogen-bond acceptors (Lipinski definition) is 3. The predicted octanol–water partition coefficient (Wildman–Crippen LogP) is 4.26. The Bertz CT molecular complexity index is 1020. The molecule has 1 aliphatic rings. The Morgan fingerprint density at radius 2 is 1.07 bits per heavy atom. The normalized spacial score (nSPS) is 14.5. The van der Waals surface area contributed by atoms with Crippen molar-refractivity contribution in [3.63, 3.8) is 0 Å². The molecule has 2 nitrogen and oxygen atoms in total. The van der Waals surface area contributed by atoms with Crippen LogP contribution in [-0.2, 0) is 4.74 Å². The highest BCUT2D eigenvalue weighted by molar-refractivity contribution is 8.02. The largest absolute Gasteiger partial charge is 0.431 e. The van der Waals surface area contributed by atoms with Gasteiger partial charge in [0.05, 0.1) is 5.29 Å². The second-order valence-corrected chi connectivity index (χ2v) is 10.4. The van der Waals surface area contributed by atoms with Crippen molar-refractivity contribution in [2.75, 3.05) is 0 Å².